The number of phenols is 1. The molecule has 1 aliphatic carbocycles. The van der Waals surface area contributed by atoms with Gasteiger partial charge in [-0.05, 0) is 56.2 Å². The molecule has 1 aromatic carbocycles. The van der Waals surface area contributed by atoms with Gasteiger partial charge < -0.3 is 14.7 Å². The molecule has 1 amide bonds. The van der Waals surface area contributed by atoms with E-state index in [0.717, 1.165) is 41.8 Å². The molecule has 0 spiro atoms. The molecule has 2 atom stereocenters. The van der Waals surface area contributed by atoms with Crippen LogP contribution in [0.3, 0.4) is 0 Å². The number of nitrogens with zero attached hydrogens (tertiary/aromatic N) is 1. The topological polar surface area (TPSA) is 49.8 Å². The minimum atomic E-state index is -0.351. The Balaban J connectivity index is 1.76. The fourth-order valence-electron chi connectivity index (χ4n) is 5.48. The maximum atomic E-state index is 13.2. The molecule has 4 heteroatoms. The molecule has 0 aromatic heterocycles. The lowest BCUT2D eigenvalue weighted by Gasteiger charge is -2.47. The normalized spacial score (nSPS) is 21.5. The van der Waals surface area contributed by atoms with Gasteiger partial charge in [-0.3, -0.25) is 4.79 Å². The second-order valence-corrected chi connectivity index (χ2v) is 11.7. The number of carbonyl (C=O) groups is 1. The Hall–Kier alpha value is -1.97. The molecule has 0 saturated heterocycles. The molecule has 0 fully saturated rings. The summed E-state index contributed by atoms with van der Waals surface area (Å²) in [5, 5.41) is 11.1. The summed E-state index contributed by atoms with van der Waals surface area (Å²) in [5.74, 6) is 1.54. The van der Waals surface area contributed by atoms with E-state index < -0.39 is 0 Å². The van der Waals surface area contributed by atoms with Crippen molar-refractivity contribution in [2.75, 3.05) is 13.6 Å². The first-order valence-corrected chi connectivity index (χ1v) is 13.0. The van der Waals surface area contributed by atoms with Gasteiger partial charge in [0.1, 0.15) is 17.1 Å². The van der Waals surface area contributed by atoms with Crippen molar-refractivity contribution >= 4 is 5.91 Å². The minimum absolute atomic E-state index is 0.0797. The molecule has 1 aromatic rings. The van der Waals surface area contributed by atoms with E-state index in [2.05, 4.69) is 53.7 Å². The molecule has 2 aliphatic rings. The van der Waals surface area contributed by atoms with Gasteiger partial charge in [-0.25, -0.2) is 0 Å². The average Bonchev–Trinajstić information content (AvgIpc) is 2.73. The first-order valence-electron chi connectivity index (χ1n) is 13.0. The number of rotatable bonds is 8. The zero-order chi connectivity index (χ0) is 24.4. The molecule has 1 N–H and O–H groups in total. The number of likely N-dealkylation sites (N-methyl/N-ethyl adjacent to an activating group) is 1. The molecule has 184 valence electrons. The largest absolute Gasteiger partial charge is 0.508 e. The zero-order valence-electron chi connectivity index (χ0n) is 22.0. The number of ether oxygens (including phenoxy) is 1. The van der Waals surface area contributed by atoms with Gasteiger partial charge in [0, 0.05) is 36.6 Å². The molecule has 1 aliphatic heterocycles. The maximum Gasteiger partial charge on any atom is 0.249 e. The number of unbranched alkanes of at least 4 members (excludes halogenated alkanes) is 5. The Bertz CT molecular complexity index is 878. The summed E-state index contributed by atoms with van der Waals surface area (Å²) in [7, 11) is 1.93. The Morgan fingerprint density at radius 2 is 1.82 bits per heavy atom. The Morgan fingerprint density at radius 3 is 2.48 bits per heavy atom. The zero-order valence-corrected chi connectivity index (χ0v) is 22.0. The van der Waals surface area contributed by atoms with Crippen LogP contribution in [0.2, 0.25) is 0 Å². The number of aromatic hydroxyl groups is 1. The molecule has 0 unspecified atom stereocenters. The molecule has 0 bridgehead atoms. The van der Waals surface area contributed by atoms with Crippen LogP contribution in [0, 0.1) is 5.92 Å². The van der Waals surface area contributed by atoms with Crippen LogP contribution < -0.4 is 4.74 Å². The summed E-state index contributed by atoms with van der Waals surface area (Å²) in [6, 6.07) is 3.99. The van der Waals surface area contributed by atoms with Crippen molar-refractivity contribution in [3.05, 3.63) is 34.9 Å². The first-order chi connectivity index (χ1) is 15.5. The van der Waals surface area contributed by atoms with Crippen LogP contribution in [0.4, 0.5) is 0 Å². The third-order valence-electron chi connectivity index (χ3n) is 7.64. The van der Waals surface area contributed by atoms with E-state index in [9.17, 15) is 9.90 Å². The summed E-state index contributed by atoms with van der Waals surface area (Å²) in [6.45, 7) is 13.7. The number of amides is 1. The average molecular weight is 456 g/mol. The van der Waals surface area contributed by atoms with Crippen LogP contribution in [0.5, 0.6) is 11.5 Å². The number of allylic oxidation sites excluding steroid dienone is 1. The van der Waals surface area contributed by atoms with Crippen molar-refractivity contribution in [3.63, 3.8) is 0 Å². The monoisotopic (exact) mass is 455 g/mol. The Labute approximate surface area is 201 Å². The Morgan fingerprint density at radius 1 is 1.15 bits per heavy atom. The van der Waals surface area contributed by atoms with Gasteiger partial charge >= 0.3 is 0 Å². The summed E-state index contributed by atoms with van der Waals surface area (Å²) >= 11 is 0. The number of phenolic OH excluding ortho intramolecular Hbond substituents is 1. The van der Waals surface area contributed by atoms with Crippen molar-refractivity contribution in [1.29, 1.82) is 0 Å². The lowest BCUT2D eigenvalue weighted by atomic mass is 9.66. The van der Waals surface area contributed by atoms with Crippen molar-refractivity contribution in [2.24, 2.45) is 5.92 Å². The van der Waals surface area contributed by atoms with Crippen molar-refractivity contribution < 1.29 is 14.6 Å². The highest BCUT2D eigenvalue weighted by Gasteiger charge is 2.47. The van der Waals surface area contributed by atoms with E-state index in [1.165, 1.54) is 32.1 Å². The van der Waals surface area contributed by atoms with Crippen LogP contribution in [-0.2, 0) is 10.2 Å². The number of benzene rings is 1. The summed E-state index contributed by atoms with van der Waals surface area (Å²) in [4.78, 5) is 15.1. The van der Waals surface area contributed by atoms with E-state index in [4.69, 9.17) is 4.74 Å². The van der Waals surface area contributed by atoms with Crippen LogP contribution in [-0.4, -0.2) is 35.1 Å². The molecule has 33 heavy (non-hydrogen) atoms. The third kappa shape index (κ3) is 5.75. The summed E-state index contributed by atoms with van der Waals surface area (Å²) in [6.07, 6.45) is 10.9. The number of fused-ring (bicyclic) bond motifs is 3. The SMILES string of the molecule is CCCCCCCCN(C)C(=O)C1=CC[C@@H]2[C@@H](C1)c1c(O)cc(C(C)(C)C)cc1OC2(C)C. The molecule has 1 heterocycles. The summed E-state index contributed by atoms with van der Waals surface area (Å²) < 4.78 is 6.46. The van der Waals surface area contributed by atoms with E-state index in [-0.39, 0.29) is 28.8 Å². The third-order valence-corrected chi connectivity index (χ3v) is 7.64. The number of carbonyl (C=O) groups excluding carboxylic acids is 1. The van der Waals surface area contributed by atoms with Crippen LogP contribution in [0.15, 0.2) is 23.8 Å². The minimum Gasteiger partial charge on any atom is -0.508 e. The van der Waals surface area contributed by atoms with Gasteiger partial charge in [-0.1, -0.05) is 65.9 Å². The van der Waals surface area contributed by atoms with Crippen LogP contribution in [0.1, 0.15) is 110 Å². The van der Waals surface area contributed by atoms with Crippen LogP contribution in [0.25, 0.3) is 0 Å². The second kappa shape index (κ2) is 10.1. The lowest BCUT2D eigenvalue weighted by Crippen LogP contribution is -2.46. The van der Waals surface area contributed by atoms with E-state index in [0.29, 0.717) is 12.2 Å². The number of hydrogen-bond acceptors (Lipinski definition) is 3. The van der Waals surface area contributed by atoms with Crippen molar-refractivity contribution in [3.8, 4) is 11.5 Å². The van der Waals surface area contributed by atoms with Gasteiger partial charge in [-0.2, -0.15) is 0 Å². The van der Waals surface area contributed by atoms with Gasteiger partial charge in [0.05, 0.1) is 0 Å². The molecular formula is C29H45NO3. The molecule has 0 radical (unpaired) electrons. The van der Waals surface area contributed by atoms with Gasteiger partial charge in [0.15, 0.2) is 0 Å². The second-order valence-electron chi connectivity index (χ2n) is 11.7. The predicted octanol–water partition coefficient (Wildman–Crippen LogP) is 7.10. The van der Waals surface area contributed by atoms with Crippen LogP contribution >= 0.6 is 0 Å². The highest BCUT2D eigenvalue weighted by Crippen LogP contribution is 2.54. The van der Waals surface area contributed by atoms with Gasteiger partial charge in [0.25, 0.3) is 0 Å². The maximum absolute atomic E-state index is 13.2. The number of hydrogen-bond donors (Lipinski definition) is 1. The van der Waals surface area contributed by atoms with Crippen molar-refractivity contribution in [1.82, 2.24) is 4.90 Å². The smallest absolute Gasteiger partial charge is 0.249 e. The fraction of sp³-hybridized carbons (Fsp3) is 0.690. The first kappa shape index (κ1) is 25.6. The summed E-state index contributed by atoms with van der Waals surface area (Å²) in [5.41, 5.74) is 2.39. The van der Waals surface area contributed by atoms with Gasteiger partial charge in [-0.15, -0.1) is 0 Å². The van der Waals surface area contributed by atoms with E-state index >= 15 is 0 Å². The lowest BCUT2D eigenvalue weighted by molar-refractivity contribution is -0.126. The van der Waals surface area contributed by atoms with Gasteiger partial charge in [0.2, 0.25) is 5.91 Å². The standard InChI is InChI=1S/C29H45NO3/c1-8-9-10-11-12-13-16-30(7)27(32)20-14-15-23-22(17-20)26-24(31)18-21(28(2,3)4)19-25(26)33-29(23,5)6/h14,18-19,22-23,31H,8-13,15-17H2,1-7H3/t22-,23-/m1/s1. The highest BCUT2D eigenvalue weighted by molar-refractivity contribution is 5.93. The molecule has 4 nitrogen and oxygen atoms in total. The Kier molecular flexibility index (Phi) is 7.86. The fourth-order valence-corrected chi connectivity index (χ4v) is 5.48. The highest BCUT2D eigenvalue weighted by atomic mass is 16.5. The van der Waals surface area contributed by atoms with E-state index in [1.807, 2.05) is 18.0 Å². The van der Waals surface area contributed by atoms with Crippen molar-refractivity contribution in [2.45, 2.75) is 110 Å². The molecule has 0 saturated carbocycles. The molecule has 3 rings (SSSR count). The quantitative estimate of drug-likeness (QED) is 0.425. The predicted molar refractivity (Wildman–Crippen MR) is 136 cm³/mol. The molecular weight excluding hydrogens is 410 g/mol. The van der Waals surface area contributed by atoms with E-state index in [1.54, 1.807) is 0 Å².